The van der Waals surface area contributed by atoms with Crippen molar-refractivity contribution in [2.75, 3.05) is 5.32 Å². The number of rotatable bonds is 3. The maximum atomic E-state index is 13.8. The van der Waals surface area contributed by atoms with E-state index in [4.69, 9.17) is 5.26 Å². The third kappa shape index (κ3) is 2.81. The molecule has 0 saturated heterocycles. The lowest BCUT2D eigenvalue weighted by Gasteiger charge is -2.11. The highest BCUT2D eigenvalue weighted by molar-refractivity contribution is 9.10. The fourth-order valence-corrected chi connectivity index (χ4v) is 2.25. The molecule has 0 heterocycles. The predicted octanol–water partition coefficient (Wildman–Crippen LogP) is 4.52. The van der Waals surface area contributed by atoms with Gasteiger partial charge in [-0.2, -0.15) is 5.26 Å². The summed E-state index contributed by atoms with van der Waals surface area (Å²) >= 11 is 3.02. The summed E-state index contributed by atoms with van der Waals surface area (Å²) in [5.41, 5.74) is 1.78. The maximum Gasteiger partial charge on any atom is 0.145 e. The monoisotopic (exact) mass is 336 g/mol. The van der Waals surface area contributed by atoms with E-state index in [1.807, 2.05) is 13.0 Å². The van der Waals surface area contributed by atoms with E-state index >= 15 is 0 Å². The van der Waals surface area contributed by atoms with E-state index in [0.29, 0.717) is 11.3 Å². The molecule has 2 nitrogen and oxygen atoms in total. The number of nitrogens with zero attached hydrogens (tertiary/aromatic N) is 1. The van der Waals surface area contributed by atoms with Crippen LogP contribution in [0.3, 0.4) is 0 Å². The van der Waals surface area contributed by atoms with Gasteiger partial charge in [-0.1, -0.05) is 12.1 Å². The minimum Gasteiger partial charge on any atom is -0.380 e. The maximum absolute atomic E-state index is 13.8. The van der Waals surface area contributed by atoms with Gasteiger partial charge in [-0.15, -0.1) is 0 Å². The lowest BCUT2D eigenvalue weighted by Crippen LogP contribution is -2.06. The first kappa shape index (κ1) is 14.5. The number of hydrogen-bond donors (Lipinski definition) is 1. The molecular weight excluding hydrogens is 326 g/mol. The lowest BCUT2D eigenvalue weighted by molar-refractivity contribution is 0.555. The molecule has 0 unspecified atom stereocenters. The Kier molecular flexibility index (Phi) is 4.35. The molecule has 2 rings (SSSR count). The van der Waals surface area contributed by atoms with E-state index in [0.717, 1.165) is 5.56 Å². The standard InChI is InChI=1S/C15H11BrF2N2/c1-9-3-2-4-14(10(9)7-19)20-8-11-13(17)6-5-12(16)15(11)18/h2-6,20H,8H2,1H3. The first-order valence-electron chi connectivity index (χ1n) is 5.90. The molecule has 102 valence electrons. The van der Waals surface area contributed by atoms with Crippen LogP contribution in [0.25, 0.3) is 0 Å². The minimum absolute atomic E-state index is 0.0325. The second-order valence-electron chi connectivity index (χ2n) is 4.28. The molecule has 0 saturated carbocycles. The van der Waals surface area contributed by atoms with Gasteiger partial charge in [0.05, 0.1) is 15.7 Å². The van der Waals surface area contributed by atoms with Crippen LogP contribution in [0.1, 0.15) is 16.7 Å². The van der Waals surface area contributed by atoms with Crippen LogP contribution in [-0.2, 0) is 6.54 Å². The topological polar surface area (TPSA) is 35.8 Å². The molecular formula is C15H11BrF2N2. The number of benzene rings is 2. The molecule has 0 radical (unpaired) electrons. The van der Waals surface area contributed by atoms with Crippen LogP contribution in [0.4, 0.5) is 14.5 Å². The Labute approximate surface area is 124 Å². The molecule has 0 bridgehead atoms. The van der Waals surface area contributed by atoms with Crippen molar-refractivity contribution < 1.29 is 8.78 Å². The molecule has 0 aromatic heterocycles. The summed E-state index contributed by atoms with van der Waals surface area (Å²) < 4.78 is 27.7. The van der Waals surface area contributed by atoms with Gasteiger partial charge in [0.25, 0.3) is 0 Å². The fourth-order valence-electron chi connectivity index (χ4n) is 1.88. The Balaban J connectivity index is 2.29. The van der Waals surface area contributed by atoms with Crippen LogP contribution in [0.5, 0.6) is 0 Å². The Morgan fingerprint density at radius 2 is 2.00 bits per heavy atom. The smallest absolute Gasteiger partial charge is 0.145 e. The van der Waals surface area contributed by atoms with Gasteiger partial charge in [-0.05, 0) is 46.6 Å². The lowest BCUT2D eigenvalue weighted by atomic mass is 10.1. The second-order valence-corrected chi connectivity index (χ2v) is 5.14. The average Bonchev–Trinajstić information content (AvgIpc) is 2.43. The summed E-state index contributed by atoms with van der Waals surface area (Å²) in [7, 11) is 0. The molecule has 0 aliphatic heterocycles. The van der Waals surface area contributed by atoms with E-state index in [1.54, 1.807) is 12.1 Å². The van der Waals surface area contributed by atoms with E-state index in [-0.39, 0.29) is 16.6 Å². The van der Waals surface area contributed by atoms with Crippen LogP contribution in [0.15, 0.2) is 34.8 Å². The molecule has 0 aliphatic rings. The average molecular weight is 337 g/mol. The van der Waals surface area contributed by atoms with Crippen molar-refractivity contribution in [3.05, 3.63) is 63.1 Å². The predicted molar refractivity (Wildman–Crippen MR) is 77.3 cm³/mol. The van der Waals surface area contributed by atoms with E-state index in [2.05, 4.69) is 27.3 Å². The van der Waals surface area contributed by atoms with Crippen molar-refractivity contribution in [3.8, 4) is 6.07 Å². The van der Waals surface area contributed by atoms with E-state index < -0.39 is 11.6 Å². The van der Waals surface area contributed by atoms with Crippen LogP contribution in [-0.4, -0.2) is 0 Å². The summed E-state index contributed by atoms with van der Waals surface area (Å²) in [5.74, 6) is -1.26. The van der Waals surface area contributed by atoms with Crippen molar-refractivity contribution in [3.63, 3.8) is 0 Å². The van der Waals surface area contributed by atoms with E-state index in [9.17, 15) is 8.78 Å². The fraction of sp³-hybridized carbons (Fsp3) is 0.133. The highest BCUT2D eigenvalue weighted by Gasteiger charge is 2.13. The second kappa shape index (κ2) is 6.02. The number of nitriles is 1. The van der Waals surface area contributed by atoms with Crippen molar-refractivity contribution in [1.82, 2.24) is 0 Å². The normalized spacial score (nSPS) is 10.2. The van der Waals surface area contributed by atoms with Crippen LogP contribution in [0, 0.1) is 29.9 Å². The minimum atomic E-state index is -0.635. The van der Waals surface area contributed by atoms with Gasteiger partial charge in [-0.25, -0.2) is 8.78 Å². The molecule has 20 heavy (non-hydrogen) atoms. The number of anilines is 1. The molecule has 0 amide bonds. The van der Waals surface area contributed by atoms with Crippen LogP contribution < -0.4 is 5.32 Å². The molecule has 0 aliphatic carbocycles. The SMILES string of the molecule is Cc1cccc(NCc2c(F)ccc(Br)c2F)c1C#N. The summed E-state index contributed by atoms with van der Waals surface area (Å²) in [4.78, 5) is 0. The van der Waals surface area contributed by atoms with Gasteiger partial charge >= 0.3 is 0 Å². The summed E-state index contributed by atoms with van der Waals surface area (Å²) in [5, 5.41) is 12.0. The van der Waals surface area contributed by atoms with Crippen molar-refractivity contribution in [2.24, 2.45) is 0 Å². The quantitative estimate of drug-likeness (QED) is 0.836. The molecule has 5 heteroatoms. The van der Waals surface area contributed by atoms with E-state index in [1.165, 1.54) is 12.1 Å². The molecule has 2 aromatic rings. The Morgan fingerprint density at radius 1 is 1.25 bits per heavy atom. The van der Waals surface area contributed by atoms with Crippen molar-refractivity contribution >= 4 is 21.6 Å². The number of hydrogen-bond acceptors (Lipinski definition) is 2. The Hall–Kier alpha value is -1.93. The highest BCUT2D eigenvalue weighted by atomic mass is 79.9. The van der Waals surface area contributed by atoms with Gasteiger partial charge in [0.1, 0.15) is 17.7 Å². The summed E-state index contributed by atoms with van der Waals surface area (Å²) in [6.07, 6.45) is 0. The van der Waals surface area contributed by atoms with Gasteiger partial charge in [-0.3, -0.25) is 0 Å². The third-order valence-electron chi connectivity index (χ3n) is 2.98. The summed E-state index contributed by atoms with van der Waals surface area (Å²) in [6, 6.07) is 9.90. The zero-order valence-corrected chi connectivity index (χ0v) is 12.3. The van der Waals surface area contributed by atoms with Gasteiger partial charge < -0.3 is 5.32 Å². The molecule has 2 aromatic carbocycles. The van der Waals surface area contributed by atoms with Gasteiger partial charge in [0.15, 0.2) is 0 Å². The van der Waals surface area contributed by atoms with Gasteiger partial charge in [0.2, 0.25) is 0 Å². The van der Waals surface area contributed by atoms with Crippen LogP contribution in [0.2, 0.25) is 0 Å². The Morgan fingerprint density at radius 3 is 2.70 bits per heavy atom. The zero-order chi connectivity index (χ0) is 14.7. The molecule has 1 N–H and O–H groups in total. The number of aryl methyl sites for hydroxylation is 1. The van der Waals surface area contributed by atoms with Crippen molar-refractivity contribution in [2.45, 2.75) is 13.5 Å². The first-order valence-corrected chi connectivity index (χ1v) is 6.70. The molecule has 0 atom stereocenters. The molecule has 0 fully saturated rings. The Bertz CT molecular complexity index is 693. The highest BCUT2D eigenvalue weighted by Crippen LogP contribution is 2.24. The van der Waals surface area contributed by atoms with Crippen molar-refractivity contribution in [1.29, 1.82) is 5.26 Å². The summed E-state index contributed by atoms with van der Waals surface area (Å²) in [6.45, 7) is 1.78. The number of halogens is 3. The van der Waals surface area contributed by atoms with Crippen LogP contribution >= 0.6 is 15.9 Å². The largest absolute Gasteiger partial charge is 0.380 e. The molecule has 0 spiro atoms. The van der Waals surface area contributed by atoms with Gasteiger partial charge in [0, 0.05) is 12.1 Å². The zero-order valence-electron chi connectivity index (χ0n) is 10.7. The number of nitrogens with one attached hydrogen (secondary N) is 1. The first-order chi connectivity index (χ1) is 9.54. The third-order valence-corrected chi connectivity index (χ3v) is 3.59.